The van der Waals surface area contributed by atoms with Gasteiger partial charge in [-0.3, -0.25) is 4.79 Å². The van der Waals surface area contributed by atoms with E-state index in [1.54, 1.807) is 30.3 Å². The van der Waals surface area contributed by atoms with Crippen LogP contribution in [0, 0.1) is 11.3 Å². The van der Waals surface area contributed by atoms with Crippen LogP contribution in [0.15, 0.2) is 42.5 Å². The van der Waals surface area contributed by atoms with Gasteiger partial charge in [-0.15, -0.1) is 0 Å². The molecular formula is C20H19ClN2O3. The van der Waals surface area contributed by atoms with Gasteiger partial charge in [0.15, 0.2) is 0 Å². The number of halogens is 1. The topological polar surface area (TPSA) is 71.3 Å². The SMILES string of the molecule is COc1ccc(NC(=O)C2(c3ccc(Cl)cc3)CCOCC2)c(C#N)c1. The Hall–Kier alpha value is -2.55. The van der Waals surface area contributed by atoms with Crippen molar-refractivity contribution in [3.8, 4) is 11.8 Å². The van der Waals surface area contributed by atoms with Crippen molar-refractivity contribution in [2.75, 3.05) is 25.6 Å². The van der Waals surface area contributed by atoms with Gasteiger partial charge in [0.25, 0.3) is 0 Å². The molecule has 1 saturated heterocycles. The summed E-state index contributed by atoms with van der Waals surface area (Å²) in [4.78, 5) is 13.3. The zero-order valence-corrected chi connectivity index (χ0v) is 15.2. The lowest BCUT2D eigenvalue weighted by atomic mass is 9.73. The summed E-state index contributed by atoms with van der Waals surface area (Å²) in [6.07, 6.45) is 1.14. The summed E-state index contributed by atoms with van der Waals surface area (Å²) in [7, 11) is 1.53. The molecule has 1 aliphatic rings. The van der Waals surface area contributed by atoms with Gasteiger partial charge >= 0.3 is 0 Å². The molecule has 3 rings (SSSR count). The van der Waals surface area contributed by atoms with E-state index >= 15 is 0 Å². The normalized spacial score (nSPS) is 15.7. The summed E-state index contributed by atoms with van der Waals surface area (Å²) in [6, 6.07) is 14.4. The van der Waals surface area contributed by atoms with E-state index in [-0.39, 0.29) is 5.91 Å². The summed E-state index contributed by atoms with van der Waals surface area (Å²) in [6.45, 7) is 1.01. The van der Waals surface area contributed by atoms with Crippen molar-refractivity contribution < 1.29 is 14.3 Å². The molecule has 0 radical (unpaired) electrons. The number of benzene rings is 2. The van der Waals surface area contributed by atoms with Gasteiger partial charge in [-0.25, -0.2) is 0 Å². The fraction of sp³-hybridized carbons (Fsp3) is 0.300. The molecule has 0 unspecified atom stereocenters. The lowest BCUT2D eigenvalue weighted by Crippen LogP contribution is -2.45. The van der Waals surface area contributed by atoms with Crippen molar-refractivity contribution in [1.82, 2.24) is 0 Å². The van der Waals surface area contributed by atoms with Crippen LogP contribution in [0.25, 0.3) is 0 Å². The Labute approximate surface area is 157 Å². The van der Waals surface area contributed by atoms with Crippen molar-refractivity contribution in [3.63, 3.8) is 0 Å². The third kappa shape index (κ3) is 3.52. The molecule has 2 aromatic carbocycles. The highest BCUT2D eigenvalue weighted by molar-refractivity contribution is 6.30. The summed E-state index contributed by atoms with van der Waals surface area (Å²) < 4.78 is 10.6. The minimum absolute atomic E-state index is 0.148. The van der Waals surface area contributed by atoms with Crippen LogP contribution in [0.3, 0.4) is 0 Å². The number of amides is 1. The molecule has 6 heteroatoms. The highest BCUT2D eigenvalue weighted by Gasteiger charge is 2.41. The van der Waals surface area contributed by atoms with Gasteiger partial charge in [0.1, 0.15) is 11.8 Å². The molecule has 0 aromatic heterocycles. The highest BCUT2D eigenvalue weighted by Crippen LogP contribution is 2.37. The molecule has 134 valence electrons. The number of nitrogens with one attached hydrogen (secondary N) is 1. The van der Waals surface area contributed by atoms with Crippen molar-refractivity contribution >= 4 is 23.2 Å². The number of carbonyl (C=O) groups is 1. The number of anilines is 1. The van der Waals surface area contributed by atoms with Gasteiger partial charge in [0.05, 0.1) is 23.8 Å². The molecule has 1 aliphatic heterocycles. The average molecular weight is 371 g/mol. The number of ether oxygens (including phenoxy) is 2. The Kier molecular flexibility index (Phi) is 5.46. The maximum Gasteiger partial charge on any atom is 0.235 e. The van der Waals surface area contributed by atoms with Crippen LogP contribution in [-0.2, 0) is 14.9 Å². The summed E-state index contributed by atoms with van der Waals surface area (Å²) in [5, 5.41) is 12.9. The number of methoxy groups -OCH3 is 1. The third-order valence-electron chi connectivity index (χ3n) is 4.77. The first-order valence-corrected chi connectivity index (χ1v) is 8.70. The van der Waals surface area contributed by atoms with E-state index in [0.29, 0.717) is 48.1 Å². The summed E-state index contributed by atoms with van der Waals surface area (Å²) in [5.74, 6) is 0.419. The molecule has 5 nitrogen and oxygen atoms in total. The van der Waals surface area contributed by atoms with Gasteiger partial charge < -0.3 is 14.8 Å². The van der Waals surface area contributed by atoms with Crippen LogP contribution >= 0.6 is 11.6 Å². The fourth-order valence-electron chi connectivity index (χ4n) is 3.23. The molecule has 1 fully saturated rings. The van der Waals surface area contributed by atoms with E-state index in [9.17, 15) is 10.1 Å². The van der Waals surface area contributed by atoms with E-state index in [2.05, 4.69) is 11.4 Å². The molecule has 1 amide bonds. The molecule has 0 saturated carbocycles. The molecule has 0 aliphatic carbocycles. The van der Waals surface area contributed by atoms with Crippen molar-refractivity contribution in [2.24, 2.45) is 0 Å². The van der Waals surface area contributed by atoms with Gasteiger partial charge in [-0.1, -0.05) is 23.7 Å². The monoisotopic (exact) mass is 370 g/mol. The predicted molar refractivity (Wildman–Crippen MR) is 99.5 cm³/mol. The van der Waals surface area contributed by atoms with Crippen molar-refractivity contribution in [1.29, 1.82) is 5.26 Å². The Morgan fingerprint density at radius 1 is 1.23 bits per heavy atom. The van der Waals surface area contributed by atoms with Crippen LogP contribution in [-0.4, -0.2) is 26.2 Å². The van der Waals surface area contributed by atoms with E-state index < -0.39 is 5.41 Å². The second kappa shape index (κ2) is 7.77. The van der Waals surface area contributed by atoms with Gasteiger partial charge in [-0.2, -0.15) is 5.26 Å². The molecule has 2 aromatic rings. The first-order chi connectivity index (χ1) is 12.6. The molecule has 26 heavy (non-hydrogen) atoms. The Morgan fingerprint density at radius 3 is 2.54 bits per heavy atom. The number of rotatable bonds is 4. The van der Waals surface area contributed by atoms with Crippen LogP contribution in [0.1, 0.15) is 24.0 Å². The highest BCUT2D eigenvalue weighted by atomic mass is 35.5. The maximum atomic E-state index is 13.3. The number of hydrogen-bond acceptors (Lipinski definition) is 4. The van der Waals surface area contributed by atoms with Gasteiger partial charge in [0.2, 0.25) is 5.91 Å². The molecule has 0 atom stereocenters. The van der Waals surface area contributed by atoms with Crippen molar-refractivity contribution in [3.05, 3.63) is 58.6 Å². The van der Waals surface area contributed by atoms with Gasteiger partial charge in [0, 0.05) is 18.2 Å². The largest absolute Gasteiger partial charge is 0.497 e. The minimum Gasteiger partial charge on any atom is -0.497 e. The van der Waals surface area contributed by atoms with E-state index in [4.69, 9.17) is 21.1 Å². The first kappa shape index (κ1) is 18.2. The lowest BCUT2D eigenvalue weighted by molar-refractivity contribution is -0.125. The standard InChI is InChI=1S/C20H19ClN2O3/c1-25-17-6-7-18(14(12-17)13-22)23-19(24)20(8-10-26-11-9-20)15-2-4-16(21)5-3-15/h2-7,12H,8-11H2,1H3,(H,23,24). The molecule has 1 heterocycles. The van der Waals surface area contributed by atoms with E-state index in [0.717, 1.165) is 5.56 Å². The quantitative estimate of drug-likeness (QED) is 0.885. The number of carbonyl (C=O) groups excluding carboxylic acids is 1. The molecular weight excluding hydrogens is 352 g/mol. The lowest BCUT2D eigenvalue weighted by Gasteiger charge is -2.36. The molecule has 0 bridgehead atoms. The minimum atomic E-state index is -0.713. The molecule has 1 N–H and O–H groups in total. The number of hydrogen-bond donors (Lipinski definition) is 1. The van der Waals surface area contributed by atoms with Crippen LogP contribution < -0.4 is 10.1 Å². The number of nitrogens with zero attached hydrogens (tertiary/aromatic N) is 1. The maximum absolute atomic E-state index is 13.3. The van der Waals surface area contributed by atoms with E-state index in [1.165, 1.54) is 7.11 Å². The summed E-state index contributed by atoms with van der Waals surface area (Å²) >= 11 is 6.00. The fourth-order valence-corrected chi connectivity index (χ4v) is 3.36. The zero-order valence-electron chi connectivity index (χ0n) is 14.4. The van der Waals surface area contributed by atoms with Crippen LogP contribution in [0.4, 0.5) is 5.69 Å². The third-order valence-corrected chi connectivity index (χ3v) is 5.03. The smallest absolute Gasteiger partial charge is 0.235 e. The van der Waals surface area contributed by atoms with Crippen LogP contribution in [0.2, 0.25) is 5.02 Å². The Balaban J connectivity index is 1.94. The second-order valence-corrected chi connectivity index (χ2v) is 6.62. The zero-order chi connectivity index (χ0) is 18.6. The average Bonchev–Trinajstić information content (AvgIpc) is 2.69. The number of nitriles is 1. The summed E-state index contributed by atoms with van der Waals surface area (Å²) in [5.41, 5.74) is 1.01. The predicted octanol–water partition coefficient (Wildman–Crippen LogP) is 3.91. The Morgan fingerprint density at radius 2 is 1.92 bits per heavy atom. The Bertz CT molecular complexity index is 837. The second-order valence-electron chi connectivity index (χ2n) is 6.18. The van der Waals surface area contributed by atoms with Crippen molar-refractivity contribution in [2.45, 2.75) is 18.3 Å². The van der Waals surface area contributed by atoms with Gasteiger partial charge in [-0.05, 0) is 48.7 Å². The van der Waals surface area contributed by atoms with E-state index in [1.807, 2.05) is 12.1 Å². The first-order valence-electron chi connectivity index (χ1n) is 8.32. The molecule has 0 spiro atoms. The van der Waals surface area contributed by atoms with Crippen LogP contribution in [0.5, 0.6) is 5.75 Å².